The Bertz CT molecular complexity index is 1100. The van der Waals surface area contributed by atoms with E-state index in [0.717, 1.165) is 5.56 Å². The zero-order valence-corrected chi connectivity index (χ0v) is 17.2. The Morgan fingerprint density at radius 2 is 1.50 bits per heavy atom. The third kappa shape index (κ3) is 4.08. The molecule has 0 fully saturated rings. The van der Waals surface area contributed by atoms with Gasteiger partial charge < -0.3 is 15.6 Å². The molecule has 0 heterocycles. The highest BCUT2D eigenvalue weighted by molar-refractivity contribution is 7.93. The van der Waals surface area contributed by atoms with Gasteiger partial charge in [0.15, 0.2) is 0 Å². The van der Waals surface area contributed by atoms with Crippen LogP contribution in [0.15, 0.2) is 89.8 Å². The molecule has 0 aliphatic rings. The largest absolute Gasteiger partial charge is 0.489 e. The molecule has 30 heavy (non-hydrogen) atoms. The average molecular weight is 426 g/mol. The maximum Gasteiger partial charge on any atom is 0.340 e. The summed E-state index contributed by atoms with van der Waals surface area (Å²) in [4.78, 5) is 9.39. The van der Waals surface area contributed by atoms with Crippen LogP contribution in [0.3, 0.4) is 0 Å². The Balaban J connectivity index is 1.85. The van der Waals surface area contributed by atoms with E-state index in [2.05, 4.69) is 0 Å². The fourth-order valence-electron chi connectivity index (χ4n) is 3.17. The van der Waals surface area contributed by atoms with Crippen LogP contribution in [0.4, 0.5) is 0 Å². The smallest absolute Gasteiger partial charge is 0.340 e. The van der Waals surface area contributed by atoms with E-state index in [9.17, 15) is 18.3 Å². The molecule has 2 atom stereocenters. The Morgan fingerprint density at radius 3 is 2.03 bits per heavy atom. The van der Waals surface area contributed by atoms with Gasteiger partial charge in [-0.05, 0) is 35.4 Å². The van der Waals surface area contributed by atoms with Gasteiger partial charge in [-0.2, -0.15) is 0 Å². The van der Waals surface area contributed by atoms with Gasteiger partial charge in [0.25, 0.3) is 0 Å². The van der Waals surface area contributed by atoms with Crippen molar-refractivity contribution < 1.29 is 23.1 Å². The first-order valence-electron chi connectivity index (χ1n) is 9.35. The van der Waals surface area contributed by atoms with Gasteiger partial charge in [-0.3, -0.25) is 0 Å². The third-order valence-corrected chi connectivity index (χ3v) is 7.41. The first kappa shape index (κ1) is 21.5. The van der Waals surface area contributed by atoms with Crippen molar-refractivity contribution in [2.24, 2.45) is 5.73 Å². The highest BCUT2D eigenvalue weighted by Gasteiger charge is 2.53. The first-order chi connectivity index (χ1) is 14.3. The van der Waals surface area contributed by atoms with Crippen molar-refractivity contribution in [1.82, 2.24) is 0 Å². The summed E-state index contributed by atoms with van der Waals surface area (Å²) in [6.07, 6.45) is 0. The summed E-state index contributed by atoms with van der Waals surface area (Å²) in [5, 5.41) is 9.80. The molecule has 0 saturated heterocycles. The lowest BCUT2D eigenvalue weighted by molar-refractivity contribution is -0.140. The Labute approximate surface area is 175 Å². The molecule has 3 aromatic carbocycles. The topological polar surface area (TPSA) is 107 Å². The van der Waals surface area contributed by atoms with Gasteiger partial charge in [0.2, 0.25) is 14.7 Å². The predicted molar refractivity (Wildman–Crippen MR) is 114 cm³/mol. The van der Waals surface area contributed by atoms with Crippen molar-refractivity contribution in [3.8, 4) is 5.75 Å². The highest BCUT2D eigenvalue weighted by atomic mass is 32.2. The van der Waals surface area contributed by atoms with Crippen LogP contribution in [0.1, 0.15) is 24.0 Å². The minimum absolute atomic E-state index is 0.135. The van der Waals surface area contributed by atoms with Crippen LogP contribution in [-0.2, 0) is 21.2 Å². The molecule has 3 rings (SSSR count). The molecule has 0 saturated carbocycles. The van der Waals surface area contributed by atoms with E-state index in [0.29, 0.717) is 17.9 Å². The Morgan fingerprint density at radius 1 is 0.967 bits per heavy atom. The van der Waals surface area contributed by atoms with Gasteiger partial charge in [0, 0.05) is 5.92 Å². The lowest BCUT2D eigenvalue weighted by atomic mass is 9.93. The fourth-order valence-corrected chi connectivity index (χ4v) is 4.91. The molecule has 156 valence electrons. The van der Waals surface area contributed by atoms with Crippen LogP contribution in [0.5, 0.6) is 5.75 Å². The molecule has 7 heteroatoms. The number of carbonyl (C=O) groups is 1. The average Bonchev–Trinajstić information content (AvgIpc) is 2.78. The molecule has 0 aliphatic carbocycles. The van der Waals surface area contributed by atoms with Gasteiger partial charge in [0.05, 0.1) is 4.90 Å². The molecule has 0 spiro atoms. The summed E-state index contributed by atoms with van der Waals surface area (Å²) in [5.41, 5.74) is 7.57. The summed E-state index contributed by atoms with van der Waals surface area (Å²) >= 11 is 0. The normalized spacial score (nSPS) is 14.5. The van der Waals surface area contributed by atoms with E-state index in [1.54, 1.807) is 30.3 Å². The van der Waals surface area contributed by atoms with E-state index in [1.807, 2.05) is 30.3 Å². The summed E-state index contributed by atoms with van der Waals surface area (Å²) < 4.78 is 31.9. The number of nitrogens with two attached hydrogens (primary N) is 1. The van der Waals surface area contributed by atoms with Crippen LogP contribution in [-0.4, -0.2) is 24.4 Å². The van der Waals surface area contributed by atoms with Gasteiger partial charge in [0.1, 0.15) is 12.4 Å². The Kier molecular flexibility index (Phi) is 6.24. The fraction of sp³-hybridized carbons (Fsp3) is 0.174. The van der Waals surface area contributed by atoms with Crippen LogP contribution in [0.25, 0.3) is 0 Å². The molecule has 0 aliphatic heterocycles. The van der Waals surface area contributed by atoms with E-state index in [4.69, 9.17) is 10.5 Å². The quantitative estimate of drug-likeness (QED) is 0.571. The minimum Gasteiger partial charge on any atom is -0.489 e. The van der Waals surface area contributed by atoms with Gasteiger partial charge in [-0.15, -0.1) is 0 Å². The zero-order chi connectivity index (χ0) is 21.8. The number of sulfone groups is 1. The molecule has 3 aromatic rings. The van der Waals surface area contributed by atoms with Crippen molar-refractivity contribution >= 4 is 15.8 Å². The molecule has 0 aromatic heterocycles. The predicted octanol–water partition coefficient (Wildman–Crippen LogP) is 3.58. The maximum atomic E-state index is 13.1. The molecule has 2 unspecified atom stereocenters. The van der Waals surface area contributed by atoms with Gasteiger partial charge in [-0.1, -0.05) is 67.6 Å². The highest BCUT2D eigenvalue weighted by Crippen LogP contribution is 2.35. The van der Waals surface area contributed by atoms with E-state index in [-0.39, 0.29) is 4.90 Å². The van der Waals surface area contributed by atoms with Crippen LogP contribution >= 0.6 is 0 Å². The number of benzene rings is 3. The molecule has 3 N–H and O–H groups in total. The molecule has 0 radical (unpaired) electrons. The summed E-state index contributed by atoms with van der Waals surface area (Å²) in [6.45, 7) is 1.88. The molecular weight excluding hydrogens is 402 g/mol. The SMILES string of the molecule is CC(c1ccc(OCc2ccccc2)cc1)C(N)(C(=O)O)S(=O)(=O)c1ccccc1. The van der Waals surface area contributed by atoms with Crippen molar-refractivity contribution in [3.63, 3.8) is 0 Å². The van der Waals surface area contributed by atoms with Crippen LogP contribution < -0.4 is 10.5 Å². The van der Waals surface area contributed by atoms with Crippen LogP contribution in [0, 0.1) is 0 Å². The summed E-state index contributed by atoms with van der Waals surface area (Å²) in [7, 11) is -4.36. The number of hydrogen-bond donors (Lipinski definition) is 2. The van der Waals surface area contributed by atoms with Crippen molar-refractivity contribution in [2.75, 3.05) is 0 Å². The summed E-state index contributed by atoms with van der Waals surface area (Å²) in [6, 6.07) is 23.6. The van der Waals surface area contributed by atoms with E-state index < -0.39 is 26.6 Å². The lowest BCUT2D eigenvalue weighted by Crippen LogP contribution is -2.58. The number of ether oxygens (including phenoxy) is 1. The second-order valence-corrected chi connectivity index (χ2v) is 9.13. The second kappa shape index (κ2) is 8.69. The standard InChI is InChI=1S/C23H23NO5S/c1-17(23(24,22(25)26)30(27,28)21-10-6-3-7-11-21)19-12-14-20(15-13-19)29-16-18-8-4-2-5-9-18/h2-15,17H,16,24H2,1H3,(H,25,26). The molecule has 6 nitrogen and oxygen atoms in total. The number of aliphatic carboxylic acids is 1. The van der Waals surface area contributed by atoms with E-state index >= 15 is 0 Å². The summed E-state index contributed by atoms with van der Waals surface area (Å²) in [5.74, 6) is -2.04. The lowest BCUT2D eigenvalue weighted by Gasteiger charge is -2.31. The number of rotatable bonds is 8. The second-order valence-electron chi connectivity index (χ2n) is 6.98. The molecule has 0 bridgehead atoms. The van der Waals surface area contributed by atoms with Crippen molar-refractivity contribution in [1.29, 1.82) is 0 Å². The maximum absolute atomic E-state index is 13.1. The van der Waals surface area contributed by atoms with E-state index in [1.165, 1.54) is 31.2 Å². The number of carboxylic acids is 1. The van der Waals surface area contributed by atoms with Crippen molar-refractivity contribution in [2.45, 2.75) is 29.2 Å². The number of hydrogen-bond acceptors (Lipinski definition) is 5. The number of carboxylic acid groups (broad SMARTS) is 1. The Hall–Kier alpha value is -3.16. The van der Waals surface area contributed by atoms with Crippen molar-refractivity contribution in [3.05, 3.63) is 96.1 Å². The molecule has 0 amide bonds. The van der Waals surface area contributed by atoms with Gasteiger partial charge >= 0.3 is 5.97 Å². The monoisotopic (exact) mass is 425 g/mol. The third-order valence-electron chi connectivity index (χ3n) is 5.10. The first-order valence-corrected chi connectivity index (χ1v) is 10.8. The minimum atomic E-state index is -4.36. The molecular formula is C23H23NO5S. The van der Waals surface area contributed by atoms with Crippen LogP contribution in [0.2, 0.25) is 0 Å². The zero-order valence-electron chi connectivity index (χ0n) is 16.4. The van der Waals surface area contributed by atoms with Gasteiger partial charge in [-0.25, -0.2) is 13.2 Å².